The number of methoxy groups -OCH3 is 2. The van der Waals surface area contributed by atoms with Crippen molar-refractivity contribution in [2.45, 2.75) is 0 Å². The number of nitrogens with zero attached hydrogens (tertiary/aromatic N) is 1. The molecule has 6 nitrogen and oxygen atoms in total. The molecule has 0 saturated heterocycles. The topological polar surface area (TPSA) is 74.2 Å². The van der Waals surface area contributed by atoms with E-state index < -0.39 is 17.7 Å². The predicted octanol–water partition coefficient (Wildman–Crippen LogP) is -0.665. The Morgan fingerprint density at radius 1 is 1.00 bits per heavy atom. The fraction of sp³-hybridized carbons (Fsp3) is 0.500. The van der Waals surface area contributed by atoms with Gasteiger partial charge in [-0.15, -0.1) is 0 Å². The summed E-state index contributed by atoms with van der Waals surface area (Å²) in [7, 11) is 3.44. The molecule has 0 spiro atoms. The maximum absolute atomic E-state index is 10.8. The van der Waals surface area contributed by atoms with Crippen LogP contribution >= 0.6 is 0 Å². The van der Waals surface area contributed by atoms with Gasteiger partial charge in [-0.05, 0) is 0 Å². The summed E-state index contributed by atoms with van der Waals surface area (Å²) < 4.78 is 8.47. The highest BCUT2D eigenvalue weighted by Crippen LogP contribution is 1.88. The van der Waals surface area contributed by atoms with Crippen LogP contribution in [0.2, 0.25) is 0 Å². The number of hydrogen-bond acceptors (Lipinski definition) is 6. The van der Waals surface area contributed by atoms with E-state index >= 15 is 0 Å². The van der Waals surface area contributed by atoms with Gasteiger partial charge >= 0.3 is 11.9 Å². The third-order valence-electron chi connectivity index (χ3n) is 0.940. The molecule has 0 fully saturated rings. The van der Waals surface area contributed by atoms with Crippen LogP contribution < -0.4 is 0 Å². The number of rotatable bonds is 3. The summed E-state index contributed by atoms with van der Waals surface area (Å²) >= 11 is 0. The monoisotopic (exact) mass is 175 g/mol. The fourth-order valence-electron chi connectivity index (χ4n) is 0.443. The number of carbonyl (C=O) groups excluding carboxylic acids is 2. The van der Waals surface area contributed by atoms with E-state index in [-0.39, 0.29) is 0 Å². The van der Waals surface area contributed by atoms with Crippen molar-refractivity contribution in [3.05, 3.63) is 0 Å². The molecule has 0 aromatic rings. The largest absolute Gasteiger partial charge is 0.464 e. The quantitative estimate of drug-likeness (QED) is 0.246. The van der Waals surface area contributed by atoms with Gasteiger partial charge in [-0.25, -0.2) is 9.59 Å². The summed E-state index contributed by atoms with van der Waals surface area (Å²) in [6.07, 6.45) is 0. The van der Waals surface area contributed by atoms with E-state index in [0.29, 0.717) is 0 Å². The minimum atomic E-state index is -0.899. The lowest BCUT2D eigenvalue weighted by Crippen LogP contribution is -2.26. The first kappa shape index (κ1) is 10.4. The van der Waals surface area contributed by atoms with Crippen LogP contribution in [0.5, 0.6) is 0 Å². The molecule has 68 valence electrons. The average Bonchev–Trinajstić information content (AvgIpc) is 2.11. The highest BCUT2D eigenvalue weighted by atomic mass is 16.6. The van der Waals surface area contributed by atoms with E-state index in [4.69, 9.17) is 0 Å². The van der Waals surface area contributed by atoms with Crippen LogP contribution in [0, 0.1) is 0 Å². The molecule has 0 aliphatic rings. The SMILES string of the molecule is CON=C(C(=O)OC)C(=O)OC. The number of ether oxygens (including phenoxy) is 2. The van der Waals surface area contributed by atoms with Crippen LogP contribution in [0.25, 0.3) is 0 Å². The van der Waals surface area contributed by atoms with Gasteiger partial charge in [0.25, 0.3) is 5.71 Å². The minimum absolute atomic E-state index is 0.525. The van der Waals surface area contributed by atoms with Gasteiger partial charge in [-0.2, -0.15) is 0 Å². The van der Waals surface area contributed by atoms with Crippen molar-refractivity contribution in [2.75, 3.05) is 21.3 Å². The van der Waals surface area contributed by atoms with E-state index in [9.17, 15) is 9.59 Å². The standard InChI is InChI=1S/C6H9NO5/c1-10-5(8)4(7-12-3)6(9)11-2/h1-3H3. The first-order valence-electron chi connectivity index (χ1n) is 2.95. The summed E-state index contributed by atoms with van der Waals surface area (Å²) in [6, 6.07) is 0. The summed E-state index contributed by atoms with van der Waals surface area (Å²) in [6.45, 7) is 0. The first-order valence-corrected chi connectivity index (χ1v) is 2.95. The molecule has 0 radical (unpaired) electrons. The summed E-state index contributed by atoms with van der Waals surface area (Å²) in [5.74, 6) is -1.80. The van der Waals surface area contributed by atoms with Gasteiger partial charge < -0.3 is 14.3 Å². The molecule has 0 aromatic heterocycles. The molecular formula is C6H9NO5. The van der Waals surface area contributed by atoms with Gasteiger partial charge in [0.05, 0.1) is 14.2 Å². The predicted molar refractivity (Wildman–Crippen MR) is 38.5 cm³/mol. The molecule has 0 rings (SSSR count). The highest BCUT2D eigenvalue weighted by molar-refractivity contribution is 6.62. The highest BCUT2D eigenvalue weighted by Gasteiger charge is 2.22. The Bertz CT molecular complexity index is 192. The smallest absolute Gasteiger partial charge is 0.367 e. The summed E-state index contributed by atoms with van der Waals surface area (Å²) in [5.41, 5.74) is -0.525. The van der Waals surface area contributed by atoms with Crippen LogP contribution in [-0.4, -0.2) is 39.0 Å². The molecule has 0 saturated carbocycles. The second-order valence-corrected chi connectivity index (χ2v) is 1.61. The van der Waals surface area contributed by atoms with Gasteiger partial charge in [0.15, 0.2) is 0 Å². The lowest BCUT2D eigenvalue weighted by Gasteiger charge is -1.99. The van der Waals surface area contributed by atoms with Crippen molar-refractivity contribution < 1.29 is 23.9 Å². The van der Waals surface area contributed by atoms with Crippen molar-refractivity contribution in [3.63, 3.8) is 0 Å². The zero-order valence-corrected chi connectivity index (χ0v) is 6.99. The summed E-state index contributed by atoms with van der Waals surface area (Å²) in [5, 5.41) is 3.13. The maximum Gasteiger partial charge on any atom is 0.367 e. The molecule has 12 heavy (non-hydrogen) atoms. The van der Waals surface area contributed by atoms with Crippen molar-refractivity contribution in [3.8, 4) is 0 Å². The molecule has 0 unspecified atom stereocenters. The van der Waals surface area contributed by atoms with Crippen LogP contribution in [-0.2, 0) is 23.9 Å². The van der Waals surface area contributed by atoms with Gasteiger partial charge in [-0.1, -0.05) is 5.16 Å². The van der Waals surface area contributed by atoms with E-state index in [2.05, 4.69) is 19.5 Å². The zero-order valence-electron chi connectivity index (χ0n) is 6.99. The minimum Gasteiger partial charge on any atom is -0.464 e. The van der Waals surface area contributed by atoms with Crippen molar-refractivity contribution >= 4 is 17.7 Å². The molecule has 0 bridgehead atoms. The molecule has 0 aromatic carbocycles. The number of hydrogen-bond donors (Lipinski definition) is 0. The van der Waals surface area contributed by atoms with E-state index in [1.165, 1.54) is 7.11 Å². The molecule has 0 heterocycles. The Hall–Kier alpha value is -1.59. The summed E-state index contributed by atoms with van der Waals surface area (Å²) in [4.78, 5) is 25.8. The van der Waals surface area contributed by atoms with Crippen LogP contribution in [0.1, 0.15) is 0 Å². The third kappa shape index (κ3) is 2.57. The third-order valence-corrected chi connectivity index (χ3v) is 0.940. The van der Waals surface area contributed by atoms with Gasteiger partial charge in [0.2, 0.25) is 0 Å². The Morgan fingerprint density at radius 2 is 1.42 bits per heavy atom. The second kappa shape index (κ2) is 5.11. The van der Waals surface area contributed by atoms with Crippen molar-refractivity contribution in [2.24, 2.45) is 5.16 Å². The second-order valence-electron chi connectivity index (χ2n) is 1.61. The van der Waals surface area contributed by atoms with E-state index in [1.54, 1.807) is 0 Å². The lowest BCUT2D eigenvalue weighted by atomic mass is 10.4. The zero-order chi connectivity index (χ0) is 9.56. The fourth-order valence-corrected chi connectivity index (χ4v) is 0.443. The maximum atomic E-state index is 10.8. The molecular weight excluding hydrogens is 166 g/mol. The Kier molecular flexibility index (Phi) is 4.43. The molecule has 0 atom stereocenters. The molecule has 0 amide bonds. The van der Waals surface area contributed by atoms with Crippen molar-refractivity contribution in [1.82, 2.24) is 0 Å². The van der Waals surface area contributed by atoms with Gasteiger partial charge in [0, 0.05) is 0 Å². The Labute approximate surface area is 69.1 Å². The molecule has 0 aliphatic carbocycles. The average molecular weight is 175 g/mol. The number of carbonyl (C=O) groups is 2. The lowest BCUT2D eigenvalue weighted by molar-refractivity contribution is -0.138. The molecule has 0 aliphatic heterocycles. The van der Waals surface area contributed by atoms with Crippen LogP contribution in [0.15, 0.2) is 5.16 Å². The van der Waals surface area contributed by atoms with E-state index in [1.807, 2.05) is 0 Å². The van der Waals surface area contributed by atoms with Gasteiger partial charge in [-0.3, -0.25) is 0 Å². The Balaban J connectivity index is 4.55. The Morgan fingerprint density at radius 3 is 1.67 bits per heavy atom. The van der Waals surface area contributed by atoms with Crippen LogP contribution in [0.3, 0.4) is 0 Å². The first-order chi connectivity index (χ1) is 5.67. The molecule has 0 N–H and O–H groups in total. The molecule has 6 heteroatoms. The normalized spacial score (nSPS) is 8.25. The van der Waals surface area contributed by atoms with Gasteiger partial charge in [0.1, 0.15) is 7.11 Å². The van der Waals surface area contributed by atoms with Crippen molar-refractivity contribution in [1.29, 1.82) is 0 Å². The number of esters is 2. The van der Waals surface area contributed by atoms with E-state index in [0.717, 1.165) is 14.2 Å². The number of oxime groups is 1. The van der Waals surface area contributed by atoms with Crippen LogP contribution in [0.4, 0.5) is 0 Å².